The lowest BCUT2D eigenvalue weighted by molar-refractivity contribution is -0.141. The van der Waals surface area contributed by atoms with Crippen molar-refractivity contribution in [3.63, 3.8) is 0 Å². The van der Waals surface area contributed by atoms with Crippen molar-refractivity contribution < 1.29 is 22.0 Å². The van der Waals surface area contributed by atoms with Gasteiger partial charge in [-0.25, -0.2) is 13.8 Å². The monoisotopic (exact) mass is 281 g/mol. The van der Waals surface area contributed by atoms with Gasteiger partial charge in [0.05, 0.1) is 5.02 Å². The zero-order valence-corrected chi connectivity index (χ0v) is 9.63. The summed E-state index contributed by atoms with van der Waals surface area (Å²) in [6.07, 6.45) is -4.78. The van der Waals surface area contributed by atoms with Gasteiger partial charge in [-0.3, -0.25) is 0 Å². The normalized spacial score (nSPS) is 12.2. The van der Waals surface area contributed by atoms with Crippen molar-refractivity contribution in [1.82, 2.24) is 4.98 Å². The van der Waals surface area contributed by atoms with Gasteiger partial charge in [-0.1, -0.05) is 11.6 Å². The third-order valence-corrected chi connectivity index (χ3v) is 2.97. The van der Waals surface area contributed by atoms with E-state index >= 15 is 0 Å². The summed E-state index contributed by atoms with van der Waals surface area (Å²) in [4.78, 5) is 3.14. The van der Waals surface area contributed by atoms with Gasteiger partial charge in [-0.15, -0.1) is 0 Å². The van der Waals surface area contributed by atoms with Crippen molar-refractivity contribution in [2.45, 2.75) is 13.1 Å². The van der Waals surface area contributed by atoms with Crippen LogP contribution in [0.5, 0.6) is 0 Å². The molecule has 0 aliphatic carbocycles. The fraction of sp³-hybridized carbons (Fsp3) is 0.182. The van der Waals surface area contributed by atoms with E-state index in [0.717, 1.165) is 19.1 Å². The van der Waals surface area contributed by atoms with Crippen molar-refractivity contribution in [2.24, 2.45) is 0 Å². The predicted molar refractivity (Wildman–Crippen MR) is 56.4 cm³/mol. The van der Waals surface area contributed by atoms with Gasteiger partial charge < -0.3 is 0 Å². The van der Waals surface area contributed by atoms with Gasteiger partial charge in [0.1, 0.15) is 11.2 Å². The van der Waals surface area contributed by atoms with Crippen LogP contribution in [0.25, 0.3) is 10.9 Å². The van der Waals surface area contributed by atoms with Gasteiger partial charge >= 0.3 is 6.18 Å². The average molecular weight is 282 g/mol. The molecule has 1 aromatic carbocycles. The largest absolute Gasteiger partial charge is 0.433 e. The Bertz CT molecular complexity index is 636. The van der Waals surface area contributed by atoms with Crippen molar-refractivity contribution in [2.75, 3.05) is 0 Å². The molecule has 0 N–H and O–H groups in total. The lowest BCUT2D eigenvalue weighted by atomic mass is 10.1. The number of hydrogen-bond acceptors (Lipinski definition) is 1. The standard InChI is InChI=1S/C11H5ClF5N/c1-4-7(12)5-2-3-6(13)8(14)9(5)18-10(4)11(15,16)17/h2-3H,1H3. The predicted octanol–water partition coefficient (Wildman–Crippen LogP) is 4.49. The zero-order valence-electron chi connectivity index (χ0n) is 8.87. The number of pyridine rings is 1. The molecular formula is C11H5ClF5N. The topological polar surface area (TPSA) is 12.9 Å². The first-order valence-corrected chi connectivity index (χ1v) is 5.12. The van der Waals surface area contributed by atoms with Crippen LogP contribution in [0.15, 0.2) is 12.1 Å². The molecule has 2 rings (SSSR count). The quantitative estimate of drug-likeness (QED) is 0.648. The van der Waals surface area contributed by atoms with Crippen LogP contribution < -0.4 is 0 Å². The van der Waals surface area contributed by atoms with Gasteiger partial charge in [0.2, 0.25) is 0 Å². The second kappa shape index (κ2) is 4.05. The molecule has 0 atom stereocenters. The highest BCUT2D eigenvalue weighted by Crippen LogP contribution is 2.37. The molecule has 0 saturated carbocycles. The molecule has 0 aliphatic rings. The van der Waals surface area contributed by atoms with Gasteiger partial charge in [0, 0.05) is 5.39 Å². The Hall–Kier alpha value is -1.43. The van der Waals surface area contributed by atoms with Gasteiger partial charge in [0.25, 0.3) is 0 Å². The van der Waals surface area contributed by atoms with Crippen molar-refractivity contribution >= 4 is 22.5 Å². The first kappa shape index (κ1) is 13.0. The Kier molecular flexibility index (Phi) is 2.93. The highest BCUT2D eigenvalue weighted by atomic mass is 35.5. The van der Waals surface area contributed by atoms with Crippen molar-refractivity contribution in [3.05, 3.63) is 40.0 Å². The molecule has 0 fully saturated rings. The molecule has 0 saturated heterocycles. The first-order valence-electron chi connectivity index (χ1n) is 4.74. The Labute approximate surface area is 103 Å². The molecule has 0 unspecified atom stereocenters. The van der Waals surface area contributed by atoms with E-state index in [4.69, 9.17) is 11.6 Å². The number of nitrogens with zero attached hydrogens (tertiary/aromatic N) is 1. The maximum atomic E-state index is 13.4. The van der Waals surface area contributed by atoms with E-state index in [1.54, 1.807) is 0 Å². The van der Waals surface area contributed by atoms with E-state index in [1.165, 1.54) is 0 Å². The zero-order chi connectivity index (χ0) is 13.7. The lowest BCUT2D eigenvalue weighted by Crippen LogP contribution is -2.11. The second-order valence-electron chi connectivity index (χ2n) is 3.65. The van der Waals surface area contributed by atoms with Gasteiger partial charge in [0.15, 0.2) is 11.6 Å². The maximum Gasteiger partial charge on any atom is 0.433 e. The number of halogens is 6. The molecule has 0 aliphatic heterocycles. The molecule has 1 nitrogen and oxygen atoms in total. The summed E-state index contributed by atoms with van der Waals surface area (Å²) in [5.74, 6) is -2.72. The van der Waals surface area contributed by atoms with Crippen molar-refractivity contribution in [1.29, 1.82) is 0 Å². The smallest absolute Gasteiger partial charge is 0.240 e. The number of rotatable bonds is 0. The number of benzene rings is 1. The summed E-state index contributed by atoms with van der Waals surface area (Å²) in [7, 11) is 0. The number of aromatic nitrogens is 1. The molecule has 0 radical (unpaired) electrons. The third kappa shape index (κ3) is 1.90. The molecule has 0 spiro atoms. The summed E-state index contributed by atoms with van der Waals surface area (Å²) >= 11 is 5.73. The van der Waals surface area contributed by atoms with Crippen LogP contribution in [-0.2, 0) is 6.18 Å². The minimum atomic E-state index is -4.78. The number of hydrogen-bond donors (Lipinski definition) is 0. The Morgan fingerprint density at radius 1 is 1.17 bits per heavy atom. The summed E-state index contributed by atoms with van der Waals surface area (Å²) < 4.78 is 64.3. The van der Waals surface area contributed by atoms with Crippen LogP contribution in [0.2, 0.25) is 5.02 Å². The van der Waals surface area contributed by atoms with Gasteiger partial charge in [-0.05, 0) is 24.6 Å². The fourth-order valence-corrected chi connectivity index (χ4v) is 1.85. The van der Waals surface area contributed by atoms with E-state index in [2.05, 4.69) is 4.98 Å². The Morgan fingerprint density at radius 2 is 1.78 bits per heavy atom. The number of fused-ring (bicyclic) bond motifs is 1. The van der Waals surface area contributed by atoms with Crippen LogP contribution in [0.4, 0.5) is 22.0 Å². The SMILES string of the molecule is Cc1c(C(F)(F)F)nc2c(F)c(F)ccc2c1Cl. The van der Waals surface area contributed by atoms with Gasteiger partial charge in [-0.2, -0.15) is 13.2 Å². The molecule has 96 valence electrons. The van der Waals surface area contributed by atoms with E-state index in [9.17, 15) is 22.0 Å². The van der Waals surface area contributed by atoms with E-state index in [1.807, 2.05) is 0 Å². The Morgan fingerprint density at radius 3 is 2.33 bits per heavy atom. The maximum absolute atomic E-state index is 13.4. The highest BCUT2D eigenvalue weighted by Gasteiger charge is 2.36. The molecular weight excluding hydrogens is 277 g/mol. The minimum absolute atomic E-state index is 0.0546. The van der Waals surface area contributed by atoms with E-state index in [0.29, 0.717) is 0 Å². The third-order valence-electron chi connectivity index (χ3n) is 2.48. The number of alkyl halides is 3. The molecule has 0 bridgehead atoms. The molecule has 1 aromatic heterocycles. The fourth-order valence-electron chi connectivity index (χ4n) is 1.60. The first-order chi connectivity index (χ1) is 8.23. The molecule has 0 amide bonds. The summed E-state index contributed by atoms with van der Waals surface area (Å²) in [5.41, 5.74) is -2.36. The van der Waals surface area contributed by atoms with Crippen molar-refractivity contribution in [3.8, 4) is 0 Å². The molecule has 1 heterocycles. The van der Waals surface area contributed by atoms with Crippen LogP contribution in [0, 0.1) is 18.6 Å². The highest BCUT2D eigenvalue weighted by molar-refractivity contribution is 6.36. The Balaban J connectivity index is 2.94. The van der Waals surface area contributed by atoms with Crippen LogP contribution in [-0.4, -0.2) is 4.98 Å². The van der Waals surface area contributed by atoms with Crippen LogP contribution >= 0.6 is 11.6 Å². The molecule has 2 aromatic rings. The summed E-state index contributed by atoms with van der Waals surface area (Å²) in [5, 5.41) is -0.340. The van der Waals surface area contributed by atoms with Crippen LogP contribution in [0.1, 0.15) is 11.3 Å². The summed E-state index contributed by atoms with van der Waals surface area (Å²) in [6, 6.07) is 1.88. The van der Waals surface area contributed by atoms with E-state index < -0.39 is 29.0 Å². The van der Waals surface area contributed by atoms with E-state index in [-0.39, 0.29) is 16.0 Å². The summed E-state index contributed by atoms with van der Waals surface area (Å²) in [6.45, 7) is 1.12. The lowest BCUT2D eigenvalue weighted by Gasteiger charge is -2.13. The second-order valence-corrected chi connectivity index (χ2v) is 4.03. The average Bonchev–Trinajstić information content (AvgIpc) is 2.26. The van der Waals surface area contributed by atoms with Crippen LogP contribution in [0.3, 0.4) is 0 Å². The molecule has 7 heteroatoms. The minimum Gasteiger partial charge on any atom is -0.240 e. The molecule has 18 heavy (non-hydrogen) atoms.